The molecule has 0 spiro atoms. The van der Waals surface area contributed by atoms with Gasteiger partial charge in [0.05, 0.1) is 16.8 Å². The molecule has 5 heteroatoms. The lowest BCUT2D eigenvalue weighted by Gasteiger charge is -1.96. The summed E-state index contributed by atoms with van der Waals surface area (Å²) >= 11 is 10.4. The normalized spacial score (nSPS) is 9.73. The molecule has 11 heavy (non-hydrogen) atoms. The second-order valence-corrected chi connectivity index (χ2v) is 2.50. The molecule has 1 aromatic heterocycles. The van der Waals surface area contributed by atoms with Gasteiger partial charge in [-0.05, 0) is 11.6 Å². The SMILES string of the molecule is O=C(Cl)c1c(F)cncc1Cl. The number of nitrogens with zero attached hydrogens (tertiary/aromatic N) is 1. The topological polar surface area (TPSA) is 30.0 Å². The van der Waals surface area contributed by atoms with Crippen molar-refractivity contribution < 1.29 is 9.18 Å². The van der Waals surface area contributed by atoms with Gasteiger partial charge in [0.2, 0.25) is 0 Å². The Morgan fingerprint density at radius 2 is 2.18 bits per heavy atom. The van der Waals surface area contributed by atoms with Crippen molar-refractivity contribution >= 4 is 28.4 Å². The summed E-state index contributed by atoms with van der Waals surface area (Å²) in [6, 6.07) is 0. The summed E-state index contributed by atoms with van der Waals surface area (Å²) in [4.78, 5) is 13.9. The molecule has 58 valence electrons. The van der Waals surface area contributed by atoms with Gasteiger partial charge in [0.1, 0.15) is 0 Å². The van der Waals surface area contributed by atoms with E-state index in [2.05, 4.69) is 4.98 Å². The molecule has 0 aromatic carbocycles. The van der Waals surface area contributed by atoms with Crippen molar-refractivity contribution in [3.05, 3.63) is 28.8 Å². The first-order valence-corrected chi connectivity index (χ1v) is 3.37. The minimum absolute atomic E-state index is 0.0787. The van der Waals surface area contributed by atoms with E-state index < -0.39 is 11.1 Å². The number of carbonyl (C=O) groups is 1. The van der Waals surface area contributed by atoms with Gasteiger partial charge in [0.25, 0.3) is 5.24 Å². The lowest BCUT2D eigenvalue weighted by Crippen LogP contribution is -1.96. The van der Waals surface area contributed by atoms with Gasteiger partial charge < -0.3 is 0 Å². The van der Waals surface area contributed by atoms with E-state index in [9.17, 15) is 9.18 Å². The highest BCUT2D eigenvalue weighted by molar-refractivity contribution is 6.68. The average Bonchev–Trinajstić information content (AvgIpc) is 1.85. The molecular formula is C6H2Cl2FNO. The molecule has 1 aromatic rings. The van der Waals surface area contributed by atoms with Crippen LogP contribution in [0, 0.1) is 5.82 Å². The smallest absolute Gasteiger partial charge is 0.256 e. The van der Waals surface area contributed by atoms with Gasteiger partial charge in [-0.25, -0.2) is 4.39 Å². The molecule has 0 saturated carbocycles. The van der Waals surface area contributed by atoms with Crippen molar-refractivity contribution in [1.82, 2.24) is 4.98 Å². The molecule has 0 amide bonds. The minimum Gasteiger partial charge on any atom is -0.275 e. The Labute approximate surface area is 71.9 Å². The maximum Gasteiger partial charge on any atom is 0.256 e. The standard InChI is InChI=1S/C6H2Cl2FNO/c7-3-1-10-2-4(9)5(3)6(8)11/h1-2H. The van der Waals surface area contributed by atoms with Crippen molar-refractivity contribution in [2.24, 2.45) is 0 Å². The Kier molecular flexibility index (Phi) is 2.42. The first-order chi connectivity index (χ1) is 5.13. The predicted molar refractivity (Wildman–Crippen MR) is 39.4 cm³/mol. The van der Waals surface area contributed by atoms with Crippen LogP contribution >= 0.6 is 23.2 Å². The summed E-state index contributed by atoms with van der Waals surface area (Å²) in [5, 5.41) is -1.00. The number of pyridine rings is 1. The molecule has 0 fully saturated rings. The van der Waals surface area contributed by atoms with E-state index in [4.69, 9.17) is 23.2 Å². The number of hydrogen-bond acceptors (Lipinski definition) is 2. The summed E-state index contributed by atoms with van der Waals surface area (Å²) in [6.45, 7) is 0. The van der Waals surface area contributed by atoms with Gasteiger partial charge in [0.15, 0.2) is 5.82 Å². The van der Waals surface area contributed by atoms with Crippen LogP contribution in [0.5, 0.6) is 0 Å². The van der Waals surface area contributed by atoms with Crippen molar-refractivity contribution in [1.29, 1.82) is 0 Å². The van der Waals surface area contributed by atoms with Gasteiger partial charge in [-0.3, -0.25) is 9.78 Å². The van der Waals surface area contributed by atoms with Gasteiger partial charge >= 0.3 is 0 Å². The monoisotopic (exact) mass is 193 g/mol. The molecule has 0 radical (unpaired) electrons. The Hall–Kier alpha value is -0.670. The third-order valence-corrected chi connectivity index (χ3v) is 1.53. The average molecular weight is 194 g/mol. The molecule has 2 nitrogen and oxygen atoms in total. The molecule has 0 aliphatic carbocycles. The molecule has 0 saturated heterocycles. The molecule has 0 unspecified atom stereocenters. The van der Waals surface area contributed by atoms with Gasteiger partial charge in [-0.1, -0.05) is 11.6 Å². The van der Waals surface area contributed by atoms with E-state index in [1.165, 1.54) is 0 Å². The maximum atomic E-state index is 12.6. The Balaban J connectivity index is 3.32. The predicted octanol–water partition coefficient (Wildman–Crippen LogP) is 2.25. The van der Waals surface area contributed by atoms with Crippen LogP contribution in [0.25, 0.3) is 0 Å². The number of rotatable bonds is 1. The van der Waals surface area contributed by atoms with Crippen LogP contribution < -0.4 is 0 Å². The second kappa shape index (κ2) is 3.15. The quantitative estimate of drug-likeness (QED) is 0.641. The molecule has 1 heterocycles. The Morgan fingerprint density at radius 3 is 2.55 bits per heavy atom. The minimum atomic E-state index is -0.921. The van der Waals surface area contributed by atoms with E-state index in [-0.39, 0.29) is 10.6 Å². The van der Waals surface area contributed by atoms with E-state index in [0.29, 0.717) is 0 Å². The number of halogens is 3. The summed E-state index contributed by atoms with van der Waals surface area (Å²) < 4.78 is 12.6. The first-order valence-electron chi connectivity index (χ1n) is 2.61. The largest absolute Gasteiger partial charge is 0.275 e. The highest BCUT2D eigenvalue weighted by Gasteiger charge is 2.13. The Bertz CT molecular complexity index is 282. The highest BCUT2D eigenvalue weighted by atomic mass is 35.5. The third-order valence-electron chi connectivity index (χ3n) is 1.05. The van der Waals surface area contributed by atoms with Crippen LogP contribution in [0.2, 0.25) is 5.02 Å². The molecule has 1 rings (SSSR count). The highest BCUT2D eigenvalue weighted by Crippen LogP contribution is 2.18. The van der Waals surface area contributed by atoms with E-state index in [1.54, 1.807) is 0 Å². The van der Waals surface area contributed by atoms with Crippen LogP contribution in [-0.2, 0) is 0 Å². The summed E-state index contributed by atoms with van der Waals surface area (Å²) in [5.74, 6) is -0.808. The summed E-state index contributed by atoms with van der Waals surface area (Å²) in [7, 11) is 0. The zero-order valence-corrected chi connectivity index (χ0v) is 6.66. The number of hydrogen-bond donors (Lipinski definition) is 0. The molecule has 0 N–H and O–H groups in total. The lowest BCUT2D eigenvalue weighted by molar-refractivity contribution is 0.107. The molecule has 0 atom stereocenters. The molecule has 0 aliphatic rings. The van der Waals surface area contributed by atoms with Crippen molar-refractivity contribution in [2.75, 3.05) is 0 Å². The fraction of sp³-hybridized carbons (Fsp3) is 0. The molecule has 0 bridgehead atoms. The Morgan fingerprint density at radius 1 is 1.55 bits per heavy atom. The van der Waals surface area contributed by atoms with Crippen LogP contribution in [0.15, 0.2) is 12.4 Å². The zero-order chi connectivity index (χ0) is 8.43. The number of carbonyl (C=O) groups excluding carboxylic acids is 1. The van der Waals surface area contributed by atoms with Crippen LogP contribution in [0.3, 0.4) is 0 Å². The van der Waals surface area contributed by atoms with Gasteiger partial charge in [-0.2, -0.15) is 0 Å². The molecule has 0 aliphatic heterocycles. The lowest BCUT2D eigenvalue weighted by atomic mass is 10.3. The zero-order valence-electron chi connectivity index (χ0n) is 5.14. The van der Waals surface area contributed by atoms with Gasteiger partial charge in [-0.15, -0.1) is 0 Å². The summed E-state index contributed by atoms with van der Waals surface area (Å²) in [6.07, 6.45) is 2.03. The van der Waals surface area contributed by atoms with Gasteiger partial charge in [0, 0.05) is 6.20 Å². The first kappa shape index (κ1) is 8.43. The van der Waals surface area contributed by atoms with E-state index >= 15 is 0 Å². The third kappa shape index (κ3) is 1.67. The van der Waals surface area contributed by atoms with E-state index in [1.807, 2.05) is 0 Å². The van der Waals surface area contributed by atoms with Crippen LogP contribution in [0.4, 0.5) is 4.39 Å². The van der Waals surface area contributed by atoms with Crippen molar-refractivity contribution in [2.45, 2.75) is 0 Å². The van der Waals surface area contributed by atoms with Crippen LogP contribution in [-0.4, -0.2) is 10.2 Å². The molecular weight excluding hydrogens is 192 g/mol. The fourth-order valence-electron chi connectivity index (χ4n) is 0.599. The van der Waals surface area contributed by atoms with Crippen molar-refractivity contribution in [3.63, 3.8) is 0 Å². The van der Waals surface area contributed by atoms with Crippen LogP contribution in [0.1, 0.15) is 10.4 Å². The maximum absolute atomic E-state index is 12.6. The number of aromatic nitrogens is 1. The van der Waals surface area contributed by atoms with E-state index in [0.717, 1.165) is 12.4 Å². The summed E-state index contributed by atoms with van der Waals surface area (Å²) in [5.41, 5.74) is -0.330. The second-order valence-electron chi connectivity index (χ2n) is 1.75. The fourth-order valence-corrected chi connectivity index (χ4v) is 1.07. The van der Waals surface area contributed by atoms with Crippen molar-refractivity contribution in [3.8, 4) is 0 Å².